The molecule has 0 radical (unpaired) electrons. The van der Waals surface area contributed by atoms with Crippen molar-refractivity contribution >= 4 is 6.03 Å². The number of hydrazine groups is 1. The molecular weight excluding hydrogens is 318 g/mol. The molecule has 3 aliphatic heterocycles. The van der Waals surface area contributed by atoms with Crippen molar-refractivity contribution < 1.29 is 14.6 Å². The molecule has 6 heteroatoms. The molecule has 3 heterocycles. The summed E-state index contributed by atoms with van der Waals surface area (Å²) in [6.07, 6.45) is 4.56. The number of aryl methyl sites for hydroxylation is 1. The average molecular weight is 345 g/mol. The normalized spacial score (nSPS) is 30.4. The number of fused-ring (bicyclic) bond motifs is 1. The minimum Gasteiger partial charge on any atom is -0.490 e. The van der Waals surface area contributed by atoms with Crippen molar-refractivity contribution in [2.45, 2.75) is 44.3 Å². The first-order chi connectivity index (χ1) is 12.2. The van der Waals surface area contributed by atoms with Crippen molar-refractivity contribution in [1.82, 2.24) is 15.3 Å². The SMILES string of the molecule is O=C1NCCCN1N1CCC(CC2CCc3ccccc3O2)C(O)C1. The number of nitrogens with zero attached hydrogens (tertiary/aromatic N) is 2. The van der Waals surface area contributed by atoms with Gasteiger partial charge in [0, 0.05) is 26.2 Å². The van der Waals surface area contributed by atoms with Crippen LogP contribution in [0.2, 0.25) is 0 Å². The van der Waals surface area contributed by atoms with E-state index in [1.807, 2.05) is 17.1 Å². The summed E-state index contributed by atoms with van der Waals surface area (Å²) in [5, 5.41) is 17.3. The fraction of sp³-hybridized carbons (Fsp3) is 0.632. The van der Waals surface area contributed by atoms with E-state index in [9.17, 15) is 9.90 Å². The van der Waals surface area contributed by atoms with Crippen molar-refractivity contribution in [3.05, 3.63) is 29.8 Å². The third kappa shape index (κ3) is 3.60. The smallest absolute Gasteiger partial charge is 0.331 e. The van der Waals surface area contributed by atoms with E-state index in [2.05, 4.69) is 17.4 Å². The Labute approximate surface area is 148 Å². The lowest BCUT2D eigenvalue weighted by molar-refractivity contribution is -0.0798. The molecule has 2 saturated heterocycles. The molecule has 6 nitrogen and oxygen atoms in total. The number of β-amino-alcohol motifs (C(OH)–C–C–N with tert-alkyl or cyclic N) is 1. The van der Waals surface area contributed by atoms with Crippen molar-refractivity contribution in [2.75, 3.05) is 26.2 Å². The molecule has 3 unspecified atom stereocenters. The summed E-state index contributed by atoms with van der Waals surface area (Å²) in [6.45, 7) is 2.83. The zero-order valence-corrected chi connectivity index (χ0v) is 14.6. The van der Waals surface area contributed by atoms with E-state index in [0.29, 0.717) is 6.54 Å². The second-order valence-electron chi connectivity index (χ2n) is 7.36. The van der Waals surface area contributed by atoms with Crippen LogP contribution in [0.3, 0.4) is 0 Å². The summed E-state index contributed by atoms with van der Waals surface area (Å²) < 4.78 is 6.14. The van der Waals surface area contributed by atoms with Gasteiger partial charge in [-0.3, -0.25) is 5.01 Å². The number of urea groups is 1. The number of piperidine rings is 1. The van der Waals surface area contributed by atoms with Gasteiger partial charge in [0.15, 0.2) is 0 Å². The van der Waals surface area contributed by atoms with Crippen LogP contribution >= 0.6 is 0 Å². The van der Waals surface area contributed by atoms with E-state index in [1.54, 1.807) is 5.01 Å². The second-order valence-corrected chi connectivity index (χ2v) is 7.36. The summed E-state index contributed by atoms with van der Waals surface area (Å²) in [7, 11) is 0. The number of para-hydroxylation sites is 1. The van der Waals surface area contributed by atoms with Gasteiger partial charge < -0.3 is 15.2 Å². The maximum absolute atomic E-state index is 12.0. The standard InChI is InChI=1S/C19H27N3O3/c23-17-13-21(22-10-3-9-20-19(22)24)11-8-15(17)12-16-7-6-14-4-1-2-5-18(14)25-16/h1-2,4-5,15-17,23H,3,6-13H2,(H,20,24). The van der Waals surface area contributed by atoms with Gasteiger partial charge in [0.05, 0.1) is 12.2 Å². The molecule has 0 aliphatic carbocycles. The molecular formula is C19H27N3O3. The van der Waals surface area contributed by atoms with E-state index in [1.165, 1.54) is 5.56 Å². The number of ether oxygens (including phenoxy) is 1. The van der Waals surface area contributed by atoms with Gasteiger partial charge in [-0.25, -0.2) is 9.80 Å². The number of aliphatic hydroxyl groups is 1. The van der Waals surface area contributed by atoms with Crippen molar-refractivity contribution in [2.24, 2.45) is 5.92 Å². The Morgan fingerprint density at radius 2 is 2.12 bits per heavy atom. The molecule has 25 heavy (non-hydrogen) atoms. The second kappa shape index (κ2) is 7.22. The number of nitrogens with one attached hydrogen (secondary N) is 1. The molecule has 2 fully saturated rings. The predicted molar refractivity (Wildman–Crippen MR) is 94.2 cm³/mol. The van der Waals surface area contributed by atoms with E-state index in [4.69, 9.17) is 4.74 Å². The number of amides is 2. The molecule has 4 rings (SSSR count). The molecule has 1 aromatic rings. The number of hydrogen-bond donors (Lipinski definition) is 2. The van der Waals surface area contributed by atoms with Crippen LogP contribution in [0.5, 0.6) is 5.75 Å². The monoisotopic (exact) mass is 345 g/mol. The van der Waals surface area contributed by atoms with Crippen LogP contribution in [0.15, 0.2) is 24.3 Å². The highest BCUT2D eigenvalue weighted by Crippen LogP contribution is 2.32. The number of aliphatic hydroxyl groups excluding tert-OH is 1. The van der Waals surface area contributed by atoms with E-state index in [-0.39, 0.29) is 18.1 Å². The van der Waals surface area contributed by atoms with Gasteiger partial charge in [0.2, 0.25) is 0 Å². The lowest BCUT2D eigenvalue weighted by Crippen LogP contribution is -2.59. The highest BCUT2D eigenvalue weighted by Gasteiger charge is 2.35. The van der Waals surface area contributed by atoms with Crippen LogP contribution in [-0.2, 0) is 6.42 Å². The van der Waals surface area contributed by atoms with Crippen LogP contribution in [-0.4, -0.2) is 59.5 Å². The maximum Gasteiger partial charge on any atom is 0.331 e. The van der Waals surface area contributed by atoms with Crippen LogP contribution in [0.25, 0.3) is 0 Å². The van der Waals surface area contributed by atoms with Crippen LogP contribution < -0.4 is 10.1 Å². The Hall–Kier alpha value is -1.79. The van der Waals surface area contributed by atoms with Gasteiger partial charge >= 0.3 is 6.03 Å². The van der Waals surface area contributed by atoms with Gasteiger partial charge in [0.1, 0.15) is 5.75 Å². The van der Waals surface area contributed by atoms with E-state index < -0.39 is 6.10 Å². The lowest BCUT2D eigenvalue weighted by Gasteiger charge is -2.44. The molecule has 136 valence electrons. The maximum atomic E-state index is 12.0. The molecule has 0 saturated carbocycles. The number of benzene rings is 1. The number of carbonyl (C=O) groups excluding carboxylic acids is 1. The Morgan fingerprint density at radius 1 is 1.24 bits per heavy atom. The molecule has 3 aliphatic rings. The zero-order chi connectivity index (χ0) is 17.2. The largest absolute Gasteiger partial charge is 0.490 e. The third-order valence-corrected chi connectivity index (χ3v) is 5.67. The van der Waals surface area contributed by atoms with Crippen molar-refractivity contribution in [1.29, 1.82) is 0 Å². The van der Waals surface area contributed by atoms with Crippen LogP contribution in [0.4, 0.5) is 4.79 Å². The molecule has 0 aromatic heterocycles. The summed E-state index contributed by atoms with van der Waals surface area (Å²) >= 11 is 0. The van der Waals surface area contributed by atoms with Gasteiger partial charge in [-0.15, -0.1) is 0 Å². The summed E-state index contributed by atoms with van der Waals surface area (Å²) in [5.74, 6) is 1.23. The number of rotatable bonds is 3. The lowest BCUT2D eigenvalue weighted by atomic mass is 9.86. The Kier molecular flexibility index (Phi) is 4.81. The third-order valence-electron chi connectivity index (χ3n) is 5.67. The molecule has 2 N–H and O–H groups in total. The molecule has 2 amide bonds. The summed E-state index contributed by atoms with van der Waals surface area (Å²) in [6, 6.07) is 8.19. The van der Waals surface area contributed by atoms with Gasteiger partial charge in [-0.1, -0.05) is 18.2 Å². The number of hydrogen-bond acceptors (Lipinski definition) is 4. The van der Waals surface area contributed by atoms with E-state index >= 15 is 0 Å². The number of carbonyl (C=O) groups is 1. The minimum atomic E-state index is -0.413. The first-order valence-electron chi connectivity index (χ1n) is 9.43. The van der Waals surface area contributed by atoms with Crippen LogP contribution in [0, 0.1) is 5.92 Å². The minimum absolute atomic E-state index is 0.0379. The molecule has 0 spiro atoms. The quantitative estimate of drug-likeness (QED) is 0.877. The molecule has 3 atom stereocenters. The zero-order valence-electron chi connectivity index (χ0n) is 14.6. The first kappa shape index (κ1) is 16.7. The van der Waals surface area contributed by atoms with Gasteiger partial charge in [-0.2, -0.15) is 0 Å². The fourth-order valence-corrected chi connectivity index (χ4v) is 4.23. The predicted octanol–water partition coefficient (Wildman–Crippen LogP) is 1.78. The highest BCUT2D eigenvalue weighted by molar-refractivity contribution is 5.74. The first-order valence-corrected chi connectivity index (χ1v) is 9.43. The average Bonchev–Trinajstić information content (AvgIpc) is 2.64. The Balaban J connectivity index is 1.32. The molecule has 0 bridgehead atoms. The molecule has 1 aromatic carbocycles. The summed E-state index contributed by atoms with van der Waals surface area (Å²) in [5.41, 5.74) is 1.28. The van der Waals surface area contributed by atoms with Crippen molar-refractivity contribution in [3.63, 3.8) is 0 Å². The van der Waals surface area contributed by atoms with Gasteiger partial charge in [0.25, 0.3) is 0 Å². The van der Waals surface area contributed by atoms with E-state index in [0.717, 1.165) is 57.5 Å². The van der Waals surface area contributed by atoms with Crippen LogP contribution in [0.1, 0.15) is 31.2 Å². The fourth-order valence-electron chi connectivity index (χ4n) is 4.23. The van der Waals surface area contributed by atoms with Gasteiger partial charge in [-0.05, 0) is 49.7 Å². The summed E-state index contributed by atoms with van der Waals surface area (Å²) in [4.78, 5) is 12.0. The topological polar surface area (TPSA) is 65.0 Å². The van der Waals surface area contributed by atoms with Crippen molar-refractivity contribution in [3.8, 4) is 5.75 Å². The highest BCUT2D eigenvalue weighted by atomic mass is 16.5. The Bertz CT molecular complexity index is 624. The Morgan fingerprint density at radius 3 is 2.96 bits per heavy atom.